The zero-order chi connectivity index (χ0) is 21.0. The molecule has 0 radical (unpaired) electrons. The molecule has 3 aromatic rings. The van der Waals surface area contributed by atoms with Gasteiger partial charge in [0.25, 0.3) is 0 Å². The normalized spacial score (nSPS) is 15.4. The highest BCUT2D eigenvalue weighted by atomic mass is 32.2. The van der Waals surface area contributed by atoms with Gasteiger partial charge in [0.1, 0.15) is 5.75 Å². The summed E-state index contributed by atoms with van der Waals surface area (Å²) in [4.78, 5) is 4.95. The standard InChI is InChI=1S/C23H27N3O3S/c1-29-22-9-7-21(8-10-22)26-16-14-25(15-17-26)13-12-24-30(27,28)23-11-6-19-4-2-3-5-20(19)18-23/h2-11,18,24H,12-17H2,1H3. The number of methoxy groups -OCH3 is 1. The maximum Gasteiger partial charge on any atom is 0.240 e. The molecule has 0 aromatic heterocycles. The van der Waals surface area contributed by atoms with Crippen LogP contribution in [0.15, 0.2) is 71.6 Å². The van der Waals surface area contributed by atoms with E-state index in [-0.39, 0.29) is 0 Å². The van der Waals surface area contributed by atoms with Crippen molar-refractivity contribution in [2.24, 2.45) is 0 Å². The summed E-state index contributed by atoms with van der Waals surface area (Å²) in [6.45, 7) is 4.75. The second-order valence-electron chi connectivity index (χ2n) is 7.43. The van der Waals surface area contributed by atoms with Crippen LogP contribution in [0.25, 0.3) is 10.8 Å². The molecule has 4 rings (SSSR count). The summed E-state index contributed by atoms with van der Waals surface area (Å²) in [5.74, 6) is 0.857. The first-order valence-corrected chi connectivity index (χ1v) is 11.6. The average Bonchev–Trinajstić information content (AvgIpc) is 2.79. The summed E-state index contributed by atoms with van der Waals surface area (Å²) >= 11 is 0. The lowest BCUT2D eigenvalue weighted by Crippen LogP contribution is -2.48. The second-order valence-corrected chi connectivity index (χ2v) is 9.20. The van der Waals surface area contributed by atoms with Gasteiger partial charge in [-0.3, -0.25) is 4.90 Å². The molecule has 0 bridgehead atoms. The number of hydrogen-bond acceptors (Lipinski definition) is 5. The number of nitrogens with zero attached hydrogens (tertiary/aromatic N) is 2. The van der Waals surface area contributed by atoms with Crippen LogP contribution < -0.4 is 14.4 Å². The van der Waals surface area contributed by atoms with E-state index in [0.717, 1.165) is 42.7 Å². The van der Waals surface area contributed by atoms with Crippen molar-refractivity contribution in [3.8, 4) is 5.75 Å². The van der Waals surface area contributed by atoms with E-state index in [4.69, 9.17) is 4.74 Å². The lowest BCUT2D eigenvalue weighted by Gasteiger charge is -2.36. The van der Waals surface area contributed by atoms with E-state index in [1.165, 1.54) is 5.69 Å². The molecule has 0 aliphatic carbocycles. The number of anilines is 1. The van der Waals surface area contributed by atoms with E-state index in [2.05, 4.69) is 26.7 Å². The molecule has 158 valence electrons. The Morgan fingerprint density at radius 3 is 2.30 bits per heavy atom. The highest BCUT2D eigenvalue weighted by Gasteiger charge is 2.19. The Labute approximate surface area is 178 Å². The third-order valence-electron chi connectivity index (χ3n) is 5.56. The molecule has 0 amide bonds. The van der Waals surface area contributed by atoms with Crippen molar-refractivity contribution in [3.63, 3.8) is 0 Å². The third kappa shape index (κ3) is 4.75. The second kappa shape index (κ2) is 9.04. The first-order valence-electron chi connectivity index (χ1n) is 10.1. The Morgan fingerprint density at radius 2 is 1.60 bits per heavy atom. The quantitative estimate of drug-likeness (QED) is 0.631. The van der Waals surface area contributed by atoms with E-state index < -0.39 is 10.0 Å². The number of nitrogens with one attached hydrogen (secondary N) is 1. The van der Waals surface area contributed by atoms with E-state index in [1.807, 2.05) is 42.5 Å². The van der Waals surface area contributed by atoms with Crippen molar-refractivity contribution in [2.75, 3.05) is 51.3 Å². The Morgan fingerprint density at radius 1 is 0.900 bits per heavy atom. The van der Waals surface area contributed by atoms with Gasteiger partial charge in [0.05, 0.1) is 12.0 Å². The fourth-order valence-corrected chi connectivity index (χ4v) is 4.83. The van der Waals surface area contributed by atoms with Crippen LogP contribution in [0.5, 0.6) is 5.75 Å². The highest BCUT2D eigenvalue weighted by Crippen LogP contribution is 2.21. The Balaban J connectivity index is 1.27. The van der Waals surface area contributed by atoms with Gasteiger partial charge in [0, 0.05) is 45.0 Å². The van der Waals surface area contributed by atoms with Crippen LogP contribution in [0.4, 0.5) is 5.69 Å². The molecular formula is C23H27N3O3S. The average molecular weight is 426 g/mol. The first-order chi connectivity index (χ1) is 14.5. The van der Waals surface area contributed by atoms with Crippen LogP contribution in [0.3, 0.4) is 0 Å². The van der Waals surface area contributed by atoms with Gasteiger partial charge in [-0.05, 0) is 47.2 Å². The Hall–Kier alpha value is -2.61. The molecule has 1 fully saturated rings. The van der Waals surface area contributed by atoms with E-state index in [0.29, 0.717) is 18.0 Å². The van der Waals surface area contributed by atoms with Gasteiger partial charge >= 0.3 is 0 Å². The maximum absolute atomic E-state index is 12.7. The number of ether oxygens (including phenoxy) is 1. The summed E-state index contributed by atoms with van der Waals surface area (Å²) in [5.41, 5.74) is 1.19. The molecule has 0 unspecified atom stereocenters. The molecule has 0 atom stereocenters. The minimum atomic E-state index is -3.51. The van der Waals surface area contributed by atoms with Crippen LogP contribution in [0, 0.1) is 0 Å². The molecule has 30 heavy (non-hydrogen) atoms. The van der Waals surface area contributed by atoms with E-state index in [1.54, 1.807) is 19.2 Å². The smallest absolute Gasteiger partial charge is 0.240 e. The van der Waals surface area contributed by atoms with Crippen LogP contribution in [0.2, 0.25) is 0 Å². The van der Waals surface area contributed by atoms with Gasteiger partial charge in [0.15, 0.2) is 0 Å². The van der Waals surface area contributed by atoms with Crippen LogP contribution in [0.1, 0.15) is 0 Å². The first kappa shape index (κ1) is 20.7. The monoisotopic (exact) mass is 425 g/mol. The number of rotatable bonds is 7. The molecule has 3 aromatic carbocycles. The van der Waals surface area contributed by atoms with Crippen molar-refractivity contribution in [1.82, 2.24) is 9.62 Å². The number of sulfonamides is 1. The molecule has 1 heterocycles. The molecule has 1 aliphatic heterocycles. The zero-order valence-corrected chi connectivity index (χ0v) is 17.9. The van der Waals surface area contributed by atoms with Crippen molar-refractivity contribution < 1.29 is 13.2 Å². The molecular weight excluding hydrogens is 398 g/mol. The number of benzene rings is 3. The van der Waals surface area contributed by atoms with Gasteiger partial charge < -0.3 is 9.64 Å². The van der Waals surface area contributed by atoms with Crippen molar-refractivity contribution in [3.05, 3.63) is 66.7 Å². The van der Waals surface area contributed by atoms with Crippen LogP contribution >= 0.6 is 0 Å². The summed E-state index contributed by atoms with van der Waals surface area (Å²) < 4.78 is 33.3. The molecule has 1 saturated heterocycles. The predicted molar refractivity (Wildman–Crippen MR) is 121 cm³/mol. The van der Waals surface area contributed by atoms with Gasteiger partial charge in [-0.15, -0.1) is 0 Å². The van der Waals surface area contributed by atoms with Gasteiger partial charge in [-0.2, -0.15) is 0 Å². The third-order valence-corrected chi connectivity index (χ3v) is 7.02. The minimum absolute atomic E-state index is 0.311. The summed E-state index contributed by atoms with van der Waals surface area (Å²) in [7, 11) is -1.84. The van der Waals surface area contributed by atoms with Crippen molar-refractivity contribution in [1.29, 1.82) is 0 Å². The molecule has 1 aliphatic rings. The van der Waals surface area contributed by atoms with Crippen molar-refractivity contribution >= 4 is 26.5 Å². The molecule has 7 heteroatoms. The van der Waals surface area contributed by atoms with Crippen LogP contribution in [-0.2, 0) is 10.0 Å². The summed E-state index contributed by atoms with van der Waals surface area (Å²) in [6.07, 6.45) is 0. The van der Waals surface area contributed by atoms with Crippen LogP contribution in [-0.4, -0.2) is 59.7 Å². The topological polar surface area (TPSA) is 61.9 Å². The molecule has 0 spiro atoms. The highest BCUT2D eigenvalue weighted by molar-refractivity contribution is 7.89. The minimum Gasteiger partial charge on any atom is -0.497 e. The largest absolute Gasteiger partial charge is 0.497 e. The lowest BCUT2D eigenvalue weighted by atomic mass is 10.1. The lowest BCUT2D eigenvalue weighted by molar-refractivity contribution is 0.262. The van der Waals surface area contributed by atoms with Crippen molar-refractivity contribution in [2.45, 2.75) is 4.90 Å². The van der Waals surface area contributed by atoms with Gasteiger partial charge in [0.2, 0.25) is 10.0 Å². The SMILES string of the molecule is COc1ccc(N2CCN(CCNS(=O)(=O)c3ccc4ccccc4c3)CC2)cc1. The fraction of sp³-hybridized carbons (Fsp3) is 0.304. The van der Waals surface area contributed by atoms with Gasteiger partial charge in [-0.25, -0.2) is 13.1 Å². The maximum atomic E-state index is 12.7. The molecule has 6 nitrogen and oxygen atoms in total. The molecule has 1 N–H and O–H groups in total. The number of piperazine rings is 1. The van der Waals surface area contributed by atoms with E-state index >= 15 is 0 Å². The van der Waals surface area contributed by atoms with Gasteiger partial charge in [-0.1, -0.05) is 30.3 Å². The number of fused-ring (bicyclic) bond motifs is 1. The molecule has 0 saturated carbocycles. The number of hydrogen-bond donors (Lipinski definition) is 1. The Kier molecular flexibility index (Phi) is 6.22. The summed E-state index contributed by atoms with van der Waals surface area (Å²) in [5, 5.41) is 1.96. The Bertz CT molecular complexity index is 1090. The van der Waals surface area contributed by atoms with E-state index in [9.17, 15) is 8.42 Å². The predicted octanol–water partition coefficient (Wildman–Crippen LogP) is 2.95. The zero-order valence-electron chi connectivity index (χ0n) is 17.1. The summed E-state index contributed by atoms with van der Waals surface area (Å²) in [6, 6.07) is 21.1. The fourth-order valence-electron chi connectivity index (χ4n) is 3.78.